The van der Waals surface area contributed by atoms with Crippen molar-refractivity contribution in [2.75, 3.05) is 26.4 Å². The first-order valence-electron chi connectivity index (χ1n) is 6.43. The summed E-state index contributed by atoms with van der Waals surface area (Å²) in [7, 11) is -3.67. The Hall–Kier alpha value is -0.930. The van der Waals surface area contributed by atoms with Crippen molar-refractivity contribution in [3.63, 3.8) is 0 Å². The van der Waals surface area contributed by atoms with E-state index in [4.69, 9.17) is 19.6 Å². The highest BCUT2D eigenvalue weighted by Crippen LogP contribution is 2.25. The summed E-state index contributed by atoms with van der Waals surface area (Å²) in [6, 6.07) is 0. The molecule has 1 aliphatic heterocycles. The molecular formula is C12H20N2O5S. The molecule has 1 fully saturated rings. The molecule has 1 aliphatic rings. The van der Waals surface area contributed by atoms with Gasteiger partial charge >= 0.3 is 0 Å². The highest BCUT2D eigenvalue weighted by atomic mass is 32.2. The Balaban J connectivity index is 2.13. The van der Waals surface area contributed by atoms with E-state index in [0.717, 1.165) is 0 Å². The summed E-state index contributed by atoms with van der Waals surface area (Å²) in [4.78, 5) is 0.134. The number of aryl methyl sites for hydroxylation is 2. The molecule has 2 rings (SSSR count). The maximum absolute atomic E-state index is 12.4. The molecular weight excluding hydrogens is 284 g/mol. The van der Waals surface area contributed by atoms with Crippen LogP contribution in [0.5, 0.6) is 0 Å². The molecule has 1 unspecified atom stereocenters. The molecule has 0 aliphatic carbocycles. The van der Waals surface area contributed by atoms with Crippen molar-refractivity contribution in [1.29, 1.82) is 0 Å². The van der Waals surface area contributed by atoms with Crippen LogP contribution in [-0.4, -0.2) is 40.9 Å². The molecule has 0 radical (unpaired) electrons. The van der Waals surface area contributed by atoms with Crippen molar-refractivity contribution in [2.24, 2.45) is 5.73 Å². The van der Waals surface area contributed by atoms with Gasteiger partial charge in [-0.3, -0.25) is 0 Å². The highest BCUT2D eigenvalue weighted by Gasteiger charge is 2.27. The second-order valence-corrected chi connectivity index (χ2v) is 6.35. The van der Waals surface area contributed by atoms with Crippen LogP contribution in [0.4, 0.5) is 0 Å². The van der Waals surface area contributed by atoms with Gasteiger partial charge < -0.3 is 19.6 Å². The van der Waals surface area contributed by atoms with Crippen molar-refractivity contribution in [2.45, 2.75) is 31.4 Å². The molecule has 7 nitrogen and oxygen atoms in total. The highest BCUT2D eigenvalue weighted by molar-refractivity contribution is 7.89. The third kappa shape index (κ3) is 3.21. The van der Waals surface area contributed by atoms with Crippen LogP contribution < -0.4 is 10.5 Å². The normalized spacial score (nSPS) is 20.2. The first kappa shape index (κ1) is 15.5. The van der Waals surface area contributed by atoms with Crippen molar-refractivity contribution >= 4 is 10.0 Å². The second kappa shape index (κ2) is 6.23. The van der Waals surface area contributed by atoms with E-state index in [9.17, 15) is 8.42 Å². The van der Waals surface area contributed by atoms with E-state index in [-0.39, 0.29) is 24.1 Å². The molecule has 2 heterocycles. The van der Waals surface area contributed by atoms with Gasteiger partial charge in [-0.25, -0.2) is 13.1 Å². The summed E-state index contributed by atoms with van der Waals surface area (Å²) in [5.41, 5.74) is 6.11. The fourth-order valence-corrected chi connectivity index (χ4v) is 3.75. The summed E-state index contributed by atoms with van der Waals surface area (Å²) < 4.78 is 43.2. The standard InChI is InChI=1S/C12H20N2O5S/c1-8-11(5-13)12(9(2)19-8)20(15,16)14-6-10-7-17-3-4-18-10/h10,14H,3-7,13H2,1-2H3. The van der Waals surface area contributed by atoms with Gasteiger partial charge in [-0.05, 0) is 13.8 Å². The third-order valence-electron chi connectivity index (χ3n) is 3.18. The minimum absolute atomic E-state index is 0.114. The molecule has 3 N–H and O–H groups in total. The van der Waals surface area contributed by atoms with Crippen LogP contribution >= 0.6 is 0 Å². The molecule has 8 heteroatoms. The molecule has 1 atom stereocenters. The van der Waals surface area contributed by atoms with Crippen LogP contribution in [0.3, 0.4) is 0 Å². The zero-order valence-corrected chi connectivity index (χ0v) is 12.5. The maximum atomic E-state index is 12.4. The number of ether oxygens (including phenoxy) is 2. The van der Waals surface area contributed by atoms with E-state index < -0.39 is 10.0 Å². The Labute approximate surface area is 118 Å². The minimum Gasteiger partial charge on any atom is -0.465 e. The van der Waals surface area contributed by atoms with Crippen molar-refractivity contribution in [3.8, 4) is 0 Å². The van der Waals surface area contributed by atoms with Crippen LogP contribution in [0.2, 0.25) is 0 Å². The van der Waals surface area contributed by atoms with E-state index in [1.165, 1.54) is 0 Å². The van der Waals surface area contributed by atoms with Gasteiger partial charge in [-0.1, -0.05) is 0 Å². The van der Waals surface area contributed by atoms with E-state index in [2.05, 4.69) is 4.72 Å². The van der Waals surface area contributed by atoms with Crippen LogP contribution in [0.25, 0.3) is 0 Å². The predicted octanol–water partition coefficient (Wildman–Crippen LogP) is 0.0488. The Bertz CT molecular complexity index is 561. The lowest BCUT2D eigenvalue weighted by molar-refractivity contribution is -0.0846. The first-order valence-corrected chi connectivity index (χ1v) is 7.92. The third-order valence-corrected chi connectivity index (χ3v) is 4.80. The molecule has 1 saturated heterocycles. The van der Waals surface area contributed by atoms with Gasteiger partial charge in [0.25, 0.3) is 0 Å². The number of hydrogen-bond donors (Lipinski definition) is 2. The fraction of sp³-hybridized carbons (Fsp3) is 0.667. The SMILES string of the molecule is Cc1oc(C)c(S(=O)(=O)NCC2COCCO2)c1CN. The molecule has 0 bridgehead atoms. The number of sulfonamides is 1. The van der Waals surface area contributed by atoms with Gasteiger partial charge in [0.1, 0.15) is 16.4 Å². The Morgan fingerprint density at radius 1 is 1.30 bits per heavy atom. The number of hydrogen-bond acceptors (Lipinski definition) is 6. The second-order valence-electron chi connectivity index (χ2n) is 4.65. The van der Waals surface area contributed by atoms with Crippen LogP contribution in [0, 0.1) is 13.8 Å². The number of nitrogens with two attached hydrogens (primary N) is 1. The van der Waals surface area contributed by atoms with E-state index in [0.29, 0.717) is 36.9 Å². The monoisotopic (exact) mass is 304 g/mol. The summed E-state index contributed by atoms with van der Waals surface area (Å²) in [5.74, 6) is 0.874. The van der Waals surface area contributed by atoms with Gasteiger partial charge in [0.2, 0.25) is 10.0 Å². The van der Waals surface area contributed by atoms with Crippen LogP contribution in [0.1, 0.15) is 17.1 Å². The van der Waals surface area contributed by atoms with E-state index in [1.807, 2.05) is 0 Å². The summed E-state index contributed by atoms with van der Waals surface area (Å²) in [6.07, 6.45) is -0.270. The average Bonchev–Trinajstić information content (AvgIpc) is 2.72. The van der Waals surface area contributed by atoms with Crippen molar-refractivity contribution in [1.82, 2.24) is 4.72 Å². The van der Waals surface area contributed by atoms with Gasteiger partial charge in [0.05, 0.1) is 25.9 Å². The fourth-order valence-electron chi connectivity index (χ4n) is 2.23. The van der Waals surface area contributed by atoms with Crippen molar-refractivity contribution in [3.05, 3.63) is 17.1 Å². The molecule has 1 aromatic rings. The smallest absolute Gasteiger partial charge is 0.244 e. The number of nitrogens with one attached hydrogen (secondary N) is 1. The Morgan fingerprint density at radius 2 is 2.05 bits per heavy atom. The van der Waals surface area contributed by atoms with Gasteiger partial charge in [-0.15, -0.1) is 0 Å². The zero-order chi connectivity index (χ0) is 14.8. The summed E-state index contributed by atoms with van der Waals surface area (Å²) in [6.45, 7) is 4.99. The molecule has 0 saturated carbocycles. The Morgan fingerprint density at radius 3 is 2.65 bits per heavy atom. The Kier molecular flexibility index (Phi) is 4.82. The average molecular weight is 304 g/mol. The topological polar surface area (TPSA) is 104 Å². The summed E-state index contributed by atoms with van der Waals surface area (Å²) >= 11 is 0. The molecule has 1 aromatic heterocycles. The van der Waals surface area contributed by atoms with E-state index in [1.54, 1.807) is 13.8 Å². The lowest BCUT2D eigenvalue weighted by Crippen LogP contribution is -2.40. The maximum Gasteiger partial charge on any atom is 0.244 e. The molecule has 0 amide bonds. The largest absolute Gasteiger partial charge is 0.465 e. The van der Waals surface area contributed by atoms with E-state index >= 15 is 0 Å². The predicted molar refractivity (Wildman–Crippen MR) is 71.8 cm³/mol. The van der Waals surface area contributed by atoms with Crippen LogP contribution in [0.15, 0.2) is 9.31 Å². The number of furan rings is 1. The summed E-state index contributed by atoms with van der Waals surface area (Å²) in [5, 5.41) is 0. The van der Waals surface area contributed by atoms with Gasteiger partial charge in [-0.2, -0.15) is 0 Å². The van der Waals surface area contributed by atoms with Gasteiger partial charge in [0, 0.05) is 18.7 Å². The molecule has 0 spiro atoms. The molecule has 0 aromatic carbocycles. The quantitative estimate of drug-likeness (QED) is 0.796. The molecule has 20 heavy (non-hydrogen) atoms. The minimum atomic E-state index is -3.67. The number of rotatable bonds is 5. The van der Waals surface area contributed by atoms with Gasteiger partial charge in [0.15, 0.2) is 0 Å². The molecule has 114 valence electrons. The lowest BCUT2D eigenvalue weighted by atomic mass is 10.2. The van der Waals surface area contributed by atoms with Crippen LogP contribution in [-0.2, 0) is 26.0 Å². The zero-order valence-electron chi connectivity index (χ0n) is 11.6. The lowest BCUT2D eigenvalue weighted by Gasteiger charge is -2.23. The first-order chi connectivity index (χ1) is 9.45. The van der Waals surface area contributed by atoms with Crippen molar-refractivity contribution < 1.29 is 22.3 Å².